The van der Waals surface area contributed by atoms with Crippen molar-refractivity contribution < 1.29 is 4.79 Å². The number of hydrogen-bond donors (Lipinski definition) is 1. The summed E-state index contributed by atoms with van der Waals surface area (Å²) in [6.07, 6.45) is 0.487. The molecule has 0 spiro atoms. The van der Waals surface area contributed by atoms with Crippen molar-refractivity contribution in [2.45, 2.75) is 13.3 Å². The van der Waals surface area contributed by atoms with Crippen LogP contribution in [0.25, 0.3) is 0 Å². The summed E-state index contributed by atoms with van der Waals surface area (Å²) in [5.74, 6) is 0.273. The molecule has 0 radical (unpaired) electrons. The first-order chi connectivity index (χ1) is 8.15. The van der Waals surface area contributed by atoms with Gasteiger partial charge in [0.1, 0.15) is 0 Å². The molecule has 0 atom stereocenters. The summed E-state index contributed by atoms with van der Waals surface area (Å²) in [6.45, 7) is 6.42. The maximum absolute atomic E-state index is 11.9. The van der Waals surface area contributed by atoms with E-state index in [1.807, 2.05) is 20.0 Å². The van der Waals surface area contributed by atoms with E-state index in [1.54, 1.807) is 4.68 Å². The highest BCUT2D eigenvalue weighted by Crippen LogP contribution is 2.04. The van der Waals surface area contributed by atoms with Crippen LogP contribution in [0.2, 0.25) is 0 Å². The lowest BCUT2D eigenvalue weighted by molar-refractivity contribution is -0.119. The number of nitrogens with one attached hydrogen (secondary N) is 1. The van der Waals surface area contributed by atoms with Crippen molar-refractivity contribution >= 4 is 5.78 Å². The molecule has 1 fully saturated rings. The number of hydrogen-bond acceptors (Lipinski definition) is 4. The van der Waals surface area contributed by atoms with Crippen molar-refractivity contribution in [2.24, 2.45) is 7.05 Å². The third-order valence-electron chi connectivity index (χ3n) is 3.09. The second kappa shape index (κ2) is 5.42. The molecule has 1 aliphatic heterocycles. The number of Topliss-reactive ketones (excluding diaryl/α,β-unsaturated/α-hetero) is 1. The average Bonchev–Trinajstić information content (AvgIpc) is 2.58. The molecule has 5 nitrogen and oxygen atoms in total. The molecule has 0 amide bonds. The molecule has 2 heterocycles. The second-order valence-electron chi connectivity index (χ2n) is 4.64. The van der Waals surface area contributed by atoms with Crippen LogP contribution in [0.3, 0.4) is 0 Å². The Balaban J connectivity index is 1.86. The molecule has 0 unspecified atom stereocenters. The number of piperazine rings is 1. The van der Waals surface area contributed by atoms with Gasteiger partial charge in [-0.3, -0.25) is 14.4 Å². The standard InChI is InChI=1S/C12H20N4O/c1-10-7-11(15(2)14-10)8-12(17)9-16-5-3-13-4-6-16/h7,13H,3-6,8-9H2,1-2H3. The smallest absolute Gasteiger partial charge is 0.152 e. The molecule has 0 aromatic carbocycles. The molecule has 1 aliphatic rings. The second-order valence-corrected chi connectivity index (χ2v) is 4.64. The van der Waals surface area contributed by atoms with Crippen molar-refractivity contribution in [3.05, 3.63) is 17.5 Å². The summed E-state index contributed by atoms with van der Waals surface area (Å²) in [5.41, 5.74) is 1.97. The van der Waals surface area contributed by atoms with Crippen molar-refractivity contribution in [1.29, 1.82) is 0 Å². The maximum atomic E-state index is 11.9. The van der Waals surface area contributed by atoms with Crippen molar-refractivity contribution in [2.75, 3.05) is 32.7 Å². The van der Waals surface area contributed by atoms with Crippen LogP contribution in [0.1, 0.15) is 11.4 Å². The highest BCUT2D eigenvalue weighted by Gasteiger charge is 2.15. The van der Waals surface area contributed by atoms with Gasteiger partial charge in [0.15, 0.2) is 5.78 Å². The van der Waals surface area contributed by atoms with Gasteiger partial charge in [0.25, 0.3) is 0 Å². The van der Waals surface area contributed by atoms with Gasteiger partial charge in [-0.15, -0.1) is 0 Å². The molecular weight excluding hydrogens is 216 g/mol. The lowest BCUT2D eigenvalue weighted by Gasteiger charge is -2.26. The molecule has 94 valence electrons. The zero-order chi connectivity index (χ0) is 12.3. The van der Waals surface area contributed by atoms with Crippen LogP contribution in [0, 0.1) is 6.92 Å². The quantitative estimate of drug-likeness (QED) is 0.783. The predicted molar refractivity (Wildman–Crippen MR) is 66.0 cm³/mol. The fraction of sp³-hybridized carbons (Fsp3) is 0.667. The number of carbonyl (C=O) groups is 1. The van der Waals surface area contributed by atoms with Gasteiger partial charge < -0.3 is 5.32 Å². The van der Waals surface area contributed by atoms with E-state index in [-0.39, 0.29) is 5.78 Å². The Morgan fingerprint density at radius 3 is 2.76 bits per heavy atom. The molecule has 0 aliphatic carbocycles. The Labute approximate surface area is 102 Å². The Kier molecular flexibility index (Phi) is 3.91. The summed E-state index contributed by atoms with van der Waals surface area (Å²) >= 11 is 0. The molecule has 5 heteroatoms. The molecule has 1 aromatic heterocycles. The van der Waals surface area contributed by atoms with E-state index in [2.05, 4.69) is 15.3 Å². The molecular formula is C12H20N4O. The molecule has 1 saturated heterocycles. The number of nitrogens with zero attached hydrogens (tertiary/aromatic N) is 3. The Hall–Kier alpha value is -1.20. The fourth-order valence-corrected chi connectivity index (χ4v) is 2.21. The van der Waals surface area contributed by atoms with Gasteiger partial charge in [-0.2, -0.15) is 5.10 Å². The van der Waals surface area contributed by atoms with E-state index >= 15 is 0 Å². The minimum atomic E-state index is 0.273. The van der Waals surface area contributed by atoms with Crippen molar-refractivity contribution in [1.82, 2.24) is 20.0 Å². The maximum Gasteiger partial charge on any atom is 0.152 e. The highest BCUT2D eigenvalue weighted by molar-refractivity contribution is 5.82. The van der Waals surface area contributed by atoms with Gasteiger partial charge in [0, 0.05) is 45.3 Å². The Bertz CT molecular complexity index is 393. The minimum absolute atomic E-state index is 0.273. The minimum Gasteiger partial charge on any atom is -0.314 e. The topological polar surface area (TPSA) is 50.2 Å². The molecule has 17 heavy (non-hydrogen) atoms. The summed E-state index contributed by atoms with van der Waals surface area (Å²) in [5, 5.41) is 7.53. The number of ketones is 1. The van der Waals surface area contributed by atoms with Gasteiger partial charge in [0.05, 0.1) is 12.2 Å². The predicted octanol–water partition coefficient (Wildman–Crippen LogP) is -0.255. The van der Waals surface area contributed by atoms with E-state index in [9.17, 15) is 4.79 Å². The summed E-state index contributed by atoms with van der Waals surface area (Å²) < 4.78 is 1.80. The number of carbonyl (C=O) groups excluding carboxylic acids is 1. The fourth-order valence-electron chi connectivity index (χ4n) is 2.21. The van der Waals surface area contributed by atoms with Gasteiger partial charge in [-0.25, -0.2) is 0 Å². The molecule has 1 N–H and O–H groups in total. The number of rotatable bonds is 4. The highest BCUT2D eigenvalue weighted by atomic mass is 16.1. The Morgan fingerprint density at radius 1 is 1.47 bits per heavy atom. The van der Waals surface area contributed by atoms with Gasteiger partial charge in [-0.05, 0) is 13.0 Å². The molecule has 2 rings (SSSR count). The normalized spacial score (nSPS) is 17.3. The third kappa shape index (κ3) is 3.38. The lowest BCUT2D eigenvalue weighted by atomic mass is 10.2. The first-order valence-electron chi connectivity index (χ1n) is 6.09. The van der Waals surface area contributed by atoms with Crippen LogP contribution in [0.4, 0.5) is 0 Å². The van der Waals surface area contributed by atoms with Crippen LogP contribution in [0.15, 0.2) is 6.07 Å². The summed E-state index contributed by atoms with van der Waals surface area (Å²) in [4.78, 5) is 14.1. The molecule has 0 saturated carbocycles. The molecule has 1 aromatic rings. The monoisotopic (exact) mass is 236 g/mol. The van der Waals surface area contributed by atoms with Crippen LogP contribution in [-0.2, 0) is 18.3 Å². The zero-order valence-electron chi connectivity index (χ0n) is 10.6. The molecule has 0 bridgehead atoms. The van der Waals surface area contributed by atoms with E-state index in [4.69, 9.17) is 0 Å². The number of aromatic nitrogens is 2. The van der Waals surface area contributed by atoms with E-state index in [1.165, 1.54) is 0 Å². The van der Waals surface area contributed by atoms with E-state index < -0.39 is 0 Å². The van der Waals surface area contributed by atoms with E-state index in [0.29, 0.717) is 13.0 Å². The lowest BCUT2D eigenvalue weighted by Crippen LogP contribution is -2.45. The largest absolute Gasteiger partial charge is 0.314 e. The first kappa shape index (κ1) is 12.3. The van der Waals surface area contributed by atoms with Gasteiger partial charge in [0.2, 0.25) is 0 Å². The Morgan fingerprint density at radius 2 is 2.18 bits per heavy atom. The van der Waals surface area contributed by atoms with Crippen LogP contribution < -0.4 is 5.32 Å². The first-order valence-corrected chi connectivity index (χ1v) is 6.09. The van der Waals surface area contributed by atoms with Crippen LogP contribution >= 0.6 is 0 Å². The third-order valence-corrected chi connectivity index (χ3v) is 3.09. The van der Waals surface area contributed by atoms with Crippen LogP contribution in [-0.4, -0.2) is 53.2 Å². The van der Waals surface area contributed by atoms with Gasteiger partial charge >= 0.3 is 0 Å². The van der Waals surface area contributed by atoms with Crippen molar-refractivity contribution in [3.63, 3.8) is 0 Å². The van der Waals surface area contributed by atoms with Gasteiger partial charge in [-0.1, -0.05) is 0 Å². The zero-order valence-corrected chi connectivity index (χ0v) is 10.6. The summed E-state index contributed by atoms with van der Waals surface area (Å²) in [7, 11) is 1.89. The average molecular weight is 236 g/mol. The van der Waals surface area contributed by atoms with Crippen LogP contribution in [0.5, 0.6) is 0 Å². The number of aryl methyl sites for hydroxylation is 2. The summed E-state index contributed by atoms with van der Waals surface area (Å²) in [6, 6.07) is 1.98. The van der Waals surface area contributed by atoms with Crippen molar-refractivity contribution in [3.8, 4) is 0 Å². The SMILES string of the molecule is Cc1cc(CC(=O)CN2CCNCC2)n(C)n1. The van der Waals surface area contributed by atoms with E-state index in [0.717, 1.165) is 37.6 Å².